The molecule has 2 aromatic carbocycles. The number of nitrogens with one attached hydrogen (secondary N) is 1. The summed E-state index contributed by atoms with van der Waals surface area (Å²) in [6.07, 6.45) is 2.02. The van der Waals surface area contributed by atoms with E-state index in [1.807, 2.05) is 74.5 Å². The summed E-state index contributed by atoms with van der Waals surface area (Å²) in [6.45, 7) is 4.76. The van der Waals surface area contributed by atoms with Crippen LogP contribution in [0.5, 0.6) is 0 Å². The molecule has 2 amide bonds. The fraction of sp³-hybridized carbons (Fsp3) is 0.423. The summed E-state index contributed by atoms with van der Waals surface area (Å²) in [4.78, 5) is 39.6. The van der Waals surface area contributed by atoms with Crippen molar-refractivity contribution in [2.75, 3.05) is 25.0 Å². The third-order valence-electron chi connectivity index (χ3n) is 6.22. The average molecular weight is 437 g/mol. The van der Waals surface area contributed by atoms with Crippen LogP contribution in [-0.2, 0) is 19.1 Å². The van der Waals surface area contributed by atoms with Gasteiger partial charge in [-0.1, -0.05) is 68.8 Å². The van der Waals surface area contributed by atoms with Crippen molar-refractivity contribution >= 4 is 23.5 Å². The number of nitrogens with zero attached hydrogens (tertiary/aromatic N) is 1. The molecule has 0 bridgehead atoms. The number of para-hydroxylation sites is 1. The van der Waals surface area contributed by atoms with E-state index >= 15 is 0 Å². The van der Waals surface area contributed by atoms with E-state index in [2.05, 4.69) is 5.32 Å². The van der Waals surface area contributed by atoms with Crippen LogP contribution < -0.4 is 5.32 Å². The number of carbonyl (C=O) groups is 3. The number of hydrogen-bond acceptors (Lipinski definition) is 4. The molecule has 0 radical (unpaired) electrons. The third kappa shape index (κ3) is 6.19. The summed E-state index contributed by atoms with van der Waals surface area (Å²) >= 11 is 0. The highest BCUT2D eigenvalue weighted by Crippen LogP contribution is 2.28. The van der Waals surface area contributed by atoms with Crippen LogP contribution in [-0.4, -0.2) is 42.4 Å². The summed E-state index contributed by atoms with van der Waals surface area (Å²) in [5, 5.41) is 2.93. The number of piperidine rings is 1. The van der Waals surface area contributed by atoms with Crippen LogP contribution in [0.4, 0.5) is 5.69 Å². The van der Waals surface area contributed by atoms with Crippen molar-refractivity contribution in [1.29, 1.82) is 0 Å². The lowest BCUT2D eigenvalue weighted by atomic mass is 9.86. The van der Waals surface area contributed by atoms with Crippen molar-refractivity contribution in [2.45, 2.75) is 39.0 Å². The Kier molecular flexibility index (Phi) is 8.42. The Morgan fingerprint density at radius 2 is 1.59 bits per heavy atom. The Balaban J connectivity index is 1.48. The number of hydrogen-bond donors (Lipinski definition) is 1. The fourth-order valence-corrected chi connectivity index (χ4v) is 4.06. The first kappa shape index (κ1) is 23.5. The molecule has 1 aliphatic rings. The first-order valence-electron chi connectivity index (χ1n) is 11.3. The SMILES string of the molecule is CC[C@H](C)[C@H](C(=O)OCC(=O)N1CCC(C(=O)Nc2ccccc2)CC1)c1ccccc1. The summed E-state index contributed by atoms with van der Waals surface area (Å²) in [5.74, 6) is -1.00. The summed E-state index contributed by atoms with van der Waals surface area (Å²) < 4.78 is 5.44. The number of likely N-dealkylation sites (tertiary alicyclic amines) is 1. The van der Waals surface area contributed by atoms with E-state index in [1.165, 1.54) is 0 Å². The number of esters is 1. The van der Waals surface area contributed by atoms with Crippen molar-refractivity contribution in [3.05, 3.63) is 66.2 Å². The quantitative estimate of drug-likeness (QED) is 0.628. The Morgan fingerprint density at radius 3 is 2.19 bits per heavy atom. The number of anilines is 1. The number of amides is 2. The van der Waals surface area contributed by atoms with Crippen LogP contribution in [0.15, 0.2) is 60.7 Å². The van der Waals surface area contributed by atoms with Gasteiger partial charge in [0.15, 0.2) is 6.61 Å². The minimum Gasteiger partial charge on any atom is -0.455 e. The smallest absolute Gasteiger partial charge is 0.314 e. The van der Waals surface area contributed by atoms with Crippen LogP contribution in [0, 0.1) is 11.8 Å². The highest BCUT2D eigenvalue weighted by Gasteiger charge is 2.30. The van der Waals surface area contributed by atoms with Crippen molar-refractivity contribution in [3.8, 4) is 0 Å². The molecular weight excluding hydrogens is 404 g/mol. The predicted octanol–water partition coefficient (Wildman–Crippen LogP) is 4.24. The van der Waals surface area contributed by atoms with Gasteiger partial charge in [0.2, 0.25) is 5.91 Å². The molecule has 6 nitrogen and oxygen atoms in total. The van der Waals surface area contributed by atoms with E-state index in [4.69, 9.17) is 4.74 Å². The molecule has 1 aliphatic heterocycles. The van der Waals surface area contributed by atoms with Gasteiger partial charge in [0.1, 0.15) is 0 Å². The van der Waals surface area contributed by atoms with E-state index in [-0.39, 0.29) is 42.1 Å². The van der Waals surface area contributed by atoms with Gasteiger partial charge in [0.05, 0.1) is 5.92 Å². The normalized spacial score (nSPS) is 16.1. The lowest BCUT2D eigenvalue weighted by molar-refractivity contribution is -0.155. The highest BCUT2D eigenvalue weighted by molar-refractivity contribution is 5.92. The molecule has 170 valence electrons. The van der Waals surface area contributed by atoms with Gasteiger partial charge in [0.25, 0.3) is 5.91 Å². The molecule has 1 N–H and O–H groups in total. The summed E-state index contributed by atoms with van der Waals surface area (Å²) in [6, 6.07) is 18.9. The molecule has 2 aromatic rings. The lowest BCUT2D eigenvalue weighted by Crippen LogP contribution is -2.43. The van der Waals surface area contributed by atoms with Gasteiger partial charge < -0.3 is 15.0 Å². The summed E-state index contributed by atoms with van der Waals surface area (Å²) in [7, 11) is 0. The Morgan fingerprint density at radius 1 is 1.00 bits per heavy atom. The van der Waals surface area contributed by atoms with E-state index in [0.29, 0.717) is 25.9 Å². The van der Waals surface area contributed by atoms with Gasteiger partial charge in [-0.2, -0.15) is 0 Å². The van der Waals surface area contributed by atoms with Gasteiger partial charge in [-0.25, -0.2) is 0 Å². The van der Waals surface area contributed by atoms with Crippen LogP contribution in [0.1, 0.15) is 44.6 Å². The zero-order valence-electron chi connectivity index (χ0n) is 18.8. The van der Waals surface area contributed by atoms with Gasteiger partial charge in [0, 0.05) is 24.7 Å². The zero-order valence-corrected chi connectivity index (χ0v) is 18.8. The van der Waals surface area contributed by atoms with Gasteiger partial charge in [-0.15, -0.1) is 0 Å². The topological polar surface area (TPSA) is 75.7 Å². The highest BCUT2D eigenvalue weighted by atomic mass is 16.5. The minimum atomic E-state index is -0.388. The van der Waals surface area contributed by atoms with E-state index in [1.54, 1.807) is 4.90 Å². The van der Waals surface area contributed by atoms with E-state index in [9.17, 15) is 14.4 Å². The van der Waals surface area contributed by atoms with Gasteiger partial charge in [-0.05, 0) is 36.5 Å². The molecule has 0 unspecified atom stereocenters. The molecule has 0 aromatic heterocycles. The van der Waals surface area contributed by atoms with Crippen molar-refractivity contribution in [3.63, 3.8) is 0 Å². The van der Waals surface area contributed by atoms with Crippen LogP contribution in [0.2, 0.25) is 0 Å². The molecule has 1 saturated heterocycles. The molecular formula is C26H32N2O4. The number of benzene rings is 2. The summed E-state index contributed by atoms with van der Waals surface area (Å²) in [5.41, 5.74) is 1.68. The predicted molar refractivity (Wildman–Crippen MR) is 124 cm³/mol. The van der Waals surface area contributed by atoms with Crippen molar-refractivity contribution in [1.82, 2.24) is 4.90 Å². The maximum Gasteiger partial charge on any atom is 0.314 e. The average Bonchev–Trinajstić information content (AvgIpc) is 2.84. The maximum atomic E-state index is 12.8. The minimum absolute atomic E-state index is 0.0195. The van der Waals surface area contributed by atoms with Crippen molar-refractivity contribution < 1.29 is 19.1 Å². The molecule has 1 heterocycles. The number of carbonyl (C=O) groups excluding carboxylic acids is 3. The van der Waals surface area contributed by atoms with E-state index in [0.717, 1.165) is 17.7 Å². The lowest BCUT2D eigenvalue weighted by Gasteiger charge is -2.31. The largest absolute Gasteiger partial charge is 0.455 e. The third-order valence-corrected chi connectivity index (χ3v) is 6.22. The standard InChI is InChI=1S/C26H32N2O4/c1-3-19(2)24(20-10-6-4-7-11-20)26(31)32-18-23(29)28-16-14-21(15-17-28)25(30)27-22-12-8-5-9-13-22/h4-13,19,21,24H,3,14-18H2,1-2H3,(H,27,30)/t19-,24-/m0/s1. The number of rotatable bonds is 8. The first-order chi connectivity index (χ1) is 15.5. The second-order valence-electron chi connectivity index (χ2n) is 8.39. The molecule has 0 aliphatic carbocycles. The monoisotopic (exact) mass is 436 g/mol. The molecule has 6 heteroatoms. The Labute approximate surface area is 189 Å². The second-order valence-corrected chi connectivity index (χ2v) is 8.39. The molecule has 2 atom stereocenters. The fourth-order valence-electron chi connectivity index (χ4n) is 4.06. The Hall–Kier alpha value is -3.15. The maximum absolute atomic E-state index is 12.8. The molecule has 1 fully saturated rings. The second kappa shape index (κ2) is 11.5. The van der Waals surface area contributed by atoms with Gasteiger partial charge in [-0.3, -0.25) is 14.4 Å². The first-order valence-corrected chi connectivity index (χ1v) is 11.3. The van der Waals surface area contributed by atoms with E-state index < -0.39 is 0 Å². The van der Waals surface area contributed by atoms with Crippen LogP contribution in [0.25, 0.3) is 0 Å². The van der Waals surface area contributed by atoms with Crippen LogP contribution >= 0.6 is 0 Å². The Bertz CT molecular complexity index is 893. The molecule has 0 saturated carbocycles. The molecule has 0 spiro atoms. The van der Waals surface area contributed by atoms with Gasteiger partial charge >= 0.3 is 5.97 Å². The zero-order chi connectivity index (χ0) is 22.9. The van der Waals surface area contributed by atoms with Crippen molar-refractivity contribution in [2.24, 2.45) is 11.8 Å². The molecule has 3 rings (SSSR count). The van der Waals surface area contributed by atoms with Crippen LogP contribution in [0.3, 0.4) is 0 Å². The number of ether oxygens (including phenoxy) is 1. The molecule has 32 heavy (non-hydrogen) atoms.